The van der Waals surface area contributed by atoms with E-state index < -0.39 is 11.6 Å². The minimum atomic E-state index is -1.09. The minimum Gasteiger partial charge on any atom is -0.481 e. The predicted octanol–water partition coefficient (Wildman–Crippen LogP) is 5.06. The monoisotopic (exact) mass is 452 g/mol. The Morgan fingerprint density at radius 3 is 2.50 bits per heavy atom. The highest BCUT2D eigenvalue weighted by Crippen LogP contribution is 2.43. The van der Waals surface area contributed by atoms with Gasteiger partial charge in [-0.25, -0.2) is 15.0 Å². The Hall–Kier alpha value is -2.84. The number of pyridine rings is 2. The molecule has 1 saturated carbocycles. The second-order valence-electron chi connectivity index (χ2n) is 8.82. The lowest BCUT2D eigenvalue weighted by Gasteiger charge is -2.35. The molecule has 1 aliphatic carbocycles. The average Bonchev–Trinajstić information content (AvgIpc) is 3.25. The van der Waals surface area contributed by atoms with Gasteiger partial charge in [0, 0.05) is 12.4 Å². The number of nitrogens with one attached hydrogen (secondary N) is 1. The first-order valence-corrected chi connectivity index (χ1v) is 11.6. The topological polar surface area (TPSA) is 108 Å². The third kappa shape index (κ3) is 4.81. The molecule has 0 aromatic carbocycles. The van der Waals surface area contributed by atoms with Crippen molar-refractivity contribution >= 4 is 28.9 Å². The van der Waals surface area contributed by atoms with Crippen LogP contribution in [-0.4, -0.2) is 31.1 Å². The van der Waals surface area contributed by atoms with Crippen molar-refractivity contribution in [2.24, 2.45) is 11.8 Å². The summed E-state index contributed by atoms with van der Waals surface area (Å²) in [5.41, 5.74) is 1.86. The Morgan fingerprint density at radius 2 is 1.81 bits per heavy atom. The van der Waals surface area contributed by atoms with Crippen LogP contribution in [0.2, 0.25) is 0 Å². The second-order valence-corrected chi connectivity index (χ2v) is 9.85. The van der Waals surface area contributed by atoms with E-state index in [0.29, 0.717) is 36.5 Å². The smallest absolute Gasteiger partial charge is 0.306 e. The summed E-state index contributed by atoms with van der Waals surface area (Å²) >= 11 is 1.44. The second kappa shape index (κ2) is 8.96. The molecule has 1 fully saturated rings. The van der Waals surface area contributed by atoms with Crippen LogP contribution in [0.3, 0.4) is 0 Å². The zero-order valence-electron chi connectivity index (χ0n) is 18.5. The molecule has 7 nitrogen and oxygen atoms in total. The highest BCUT2D eigenvalue weighted by atomic mass is 32.1. The first-order valence-electron chi connectivity index (χ1n) is 10.8. The van der Waals surface area contributed by atoms with Gasteiger partial charge in [-0.3, -0.25) is 4.79 Å². The van der Waals surface area contributed by atoms with Crippen LogP contribution < -0.4 is 5.32 Å². The highest BCUT2D eigenvalue weighted by Gasteiger charge is 2.40. The number of aromatic nitrogens is 3. The maximum absolute atomic E-state index is 11.3. The molecule has 0 radical (unpaired) electrons. The molecule has 1 unspecified atom stereocenters. The van der Waals surface area contributed by atoms with Crippen molar-refractivity contribution in [1.82, 2.24) is 15.0 Å². The SMILES string of the molecule is Cc1ccnc(Nc2cc(C)cc(-c3cnc(C(C)(O)[C@H]4CC[C@H](C(=O)O)CC4)s3)n2)c1. The summed E-state index contributed by atoms with van der Waals surface area (Å²) in [6.45, 7) is 5.82. The maximum Gasteiger partial charge on any atom is 0.306 e. The lowest BCUT2D eigenvalue weighted by Crippen LogP contribution is -2.35. The molecule has 3 aromatic rings. The van der Waals surface area contributed by atoms with Gasteiger partial charge in [0.05, 0.1) is 16.5 Å². The van der Waals surface area contributed by atoms with Crippen LogP contribution in [0.25, 0.3) is 10.6 Å². The Balaban J connectivity index is 1.54. The third-order valence-corrected chi connectivity index (χ3v) is 7.45. The number of hydrogen-bond acceptors (Lipinski definition) is 7. The standard InChI is InChI=1S/C24H28N4O3S/c1-14-8-9-25-20(11-14)28-21-12-15(2)10-18(27-21)19-13-26-23(32-19)24(3,31)17-6-4-16(5-7-17)22(29)30/h8-13,16-17,31H,4-7H2,1-3H3,(H,29,30)(H,25,27,28)/t16-,17-,24?. The van der Waals surface area contributed by atoms with Gasteiger partial charge >= 0.3 is 5.97 Å². The Morgan fingerprint density at radius 1 is 1.09 bits per heavy atom. The van der Waals surface area contributed by atoms with Gasteiger partial charge < -0.3 is 15.5 Å². The molecule has 0 amide bonds. The summed E-state index contributed by atoms with van der Waals surface area (Å²) in [5.74, 6) is 0.382. The molecule has 8 heteroatoms. The molecule has 0 aliphatic heterocycles. The van der Waals surface area contributed by atoms with Crippen LogP contribution in [0.4, 0.5) is 11.6 Å². The number of nitrogens with zero attached hydrogens (tertiary/aromatic N) is 3. The average molecular weight is 453 g/mol. The molecular formula is C24H28N4O3S. The molecular weight excluding hydrogens is 424 g/mol. The summed E-state index contributed by atoms with van der Waals surface area (Å²) < 4.78 is 0. The Kier molecular flexibility index (Phi) is 6.26. The number of carboxylic acids is 1. The Labute approximate surface area is 191 Å². The van der Waals surface area contributed by atoms with Gasteiger partial charge in [0.1, 0.15) is 22.2 Å². The molecule has 4 rings (SSSR count). The molecule has 0 saturated heterocycles. The van der Waals surface area contributed by atoms with Crippen molar-refractivity contribution < 1.29 is 15.0 Å². The summed E-state index contributed by atoms with van der Waals surface area (Å²) in [4.78, 5) is 25.7. The molecule has 3 aromatic heterocycles. The van der Waals surface area contributed by atoms with Crippen molar-refractivity contribution in [3.63, 3.8) is 0 Å². The van der Waals surface area contributed by atoms with Crippen molar-refractivity contribution in [2.45, 2.75) is 52.1 Å². The van der Waals surface area contributed by atoms with Crippen molar-refractivity contribution in [1.29, 1.82) is 0 Å². The molecule has 0 bridgehead atoms. The quantitative estimate of drug-likeness (QED) is 0.480. The van der Waals surface area contributed by atoms with Gasteiger partial charge in [-0.2, -0.15) is 0 Å². The fourth-order valence-electron chi connectivity index (χ4n) is 4.30. The molecule has 3 N–H and O–H groups in total. The fourth-order valence-corrected chi connectivity index (χ4v) is 5.30. The first kappa shape index (κ1) is 22.4. The number of thiazole rings is 1. The van der Waals surface area contributed by atoms with Gasteiger partial charge in [0.2, 0.25) is 0 Å². The maximum atomic E-state index is 11.3. The van der Waals surface area contributed by atoms with Gasteiger partial charge in [0.15, 0.2) is 0 Å². The molecule has 168 valence electrons. The van der Waals surface area contributed by atoms with E-state index in [1.165, 1.54) is 11.3 Å². The lowest BCUT2D eigenvalue weighted by atomic mass is 9.74. The number of anilines is 2. The van der Waals surface area contributed by atoms with Crippen molar-refractivity contribution in [3.8, 4) is 10.6 Å². The van der Waals surface area contributed by atoms with E-state index in [1.807, 2.05) is 38.1 Å². The number of rotatable bonds is 6. The van der Waals surface area contributed by atoms with E-state index >= 15 is 0 Å². The zero-order chi connectivity index (χ0) is 22.9. The molecule has 1 atom stereocenters. The number of hydrogen-bond donors (Lipinski definition) is 3. The van der Waals surface area contributed by atoms with Gasteiger partial charge in [-0.05, 0) is 87.8 Å². The summed E-state index contributed by atoms with van der Waals surface area (Å²) in [5, 5.41) is 24.4. The summed E-state index contributed by atoms with van der Waals surface area (Å²) in [6.07, 6.45) is 6.06. The number of aliphatic carboxylic acids is 1. The van der Waals surface area contributed by atoms with E-state index in [1.54, 1.807) is 19.3 Å². The number of aliphatic hydroxyl groups is 1. The molecule has 0 spiro atoms. The number of aryl methyl sites for hydroxylation is 2. The minimum absolute atomic E-state index is 0.00723. The van der Waals surface area contributed by atoms with Crippen LogP contribution in [0.15, 0.2) is 36.7 Å². The first-order chi connectivity index (χ1) is 15.2. The van der Waals surface area contributed by atoms with Crippen molar-refractivity contribution in [3.05, 3.63) is 52.8 Å². The summed E-state index contributed by atoms with van der Waals surface area (Å²) in [7, 11) is 0. The zero-order valence-corrected chi connectivity index (χ0v) is 19.3. The molecule has 1 aliphatic rings. The van der Waals surface area contributed by atoms with Crippen molar-refractivity contribution in [2.75, 3.05) is 5.32 Å². The van der Waals surface area contributed by atoms with E-state index in [9.17, 15) is 15.0 Å². The lowest BCUT2D eigenvalue weighted by molar-refractivity contribution is -0.144. The third-order valence-electron chi connectivity index (χ3n) is 6.20. The highest BCUT2D eigenvalue weighted by molar-refractivity contribution is 7.15. The predicted molar refractivity (Wildman–Crippen MR) is 125 cm³/mol. The van der Waals surface area contributed by atoms with Crippen LogP contribution in [0, 0.1) is 25.7 Å². The largest absolute Gasteiger partial charge is 0.481 e. The van der Waals surface area contributed by atoms with Crippen LogP contribution >= 0.6 is 11.3 Å². The van der Waals surface area contributed by atoms with Gasteiger partial charge in [0.25, 0.3) is 0 Å². The normalized spacial score (nSPS) is 20.5. The van der Waals surface area contributed by atoms with Gasteiger partial charge in [-0.1, -0.05) is 0 Å². The molecule has 3 heterocycles. The van der Waals surface area contributed by atoms with Gasteiger partial charge in [-0.15, -0.1) is 11.3 Å². The Bertz CT molecular complexity index is 1120. The van der Waals surface area contributed by atoms with E-state index in [-0.39, 0.29) is 11.8 Å². The van der Waals surface area contributed by atoms with E-state index in [0.717, 1.165) is 27.5 Å². The number of carboxylic acid groups (broad SMARTS) is 1. The summed E-state index contributed by atoms with van der Waals surface area (Å²) in [6, 6.07) is 7.87. The van der Waals surface area contributed by atoms with E-state index in [2.05, 4.69) is 15.3 Å². The van der Waals surface area contributed by atoms with Crippen LogP contribution in [-0.2, 0) is 10.4 Å². The van der Waals surface area contributed by atoms with Crippen LogP contribution in [0.1, 0.15) is 48.7 Å². The fraction of sp³-hybridized carbons (Fsp3) is 0.417. The number of carbonyl (C=O) groups is 1. The molecule has 32 heavy (non-hydrogen) atoms. The van der Waals surface area contributed by atoms with Crippen LogP contribution in [0.5, 0.6) is 0 Å². The van der Waals surface area contributed by atoms with E-state index in [4.69, 9.17) is 4.98 Å².